The zero-order valence-electron chi connectivity index (χ0n) is 17.5. The van der Waals surface area contributed by atoms with E-state index in [0.29, 0.717) is 29.2 Å². The van der Waals surface area contributed by atoms with Crippen LogP contribution in [0.1, 0.15) is 15.9 Å². The van der Waals surface area contributed by atoms with Gasteiger partial charge < -0.3 is 20.9 Å². The fraction of sp³-hybridized carbons (Fsp3) is 0.136. The van der Waals surface area contributed by atoms with Crippen molar-refractivity contribution in [1.82, 2.24) is 10.3 Å². The van der Waals surface area contributed by atoms with Gasteiger partial charge in [0.1, 0.15) is 0 Å². The van der Waals surface area contributed by atoms with Gasteiger partial charge in [0.05, 0.1) is 10.5 Å². The molecule has 10 nitrogen and oxygen atoms in total. The normalized spacial score (nSPS) is 10.2. The van der Waals surface area contributed by atoms with Crippen LogP contribution in [0, 0.1) is 10.1 Å². The fourth-order valence-corrected chi connectivity index (χ4v) is 2.93. The molecule has 0 atom stereocenters. The molecule has 0 aliphatic heterocycles. The molecule has 3 rings (SSSR count). The fourth-order valence-electron chi connectivity index (χ4n) is 2.93. The van der Waals surface area contributed by atoms with Crippen molar-refractivity contribution < 1.29 is 14.5 Å². The predicted octanol–water partition coefficient (Wildman–Crippen LogP) is 3.63. The van der Waals surface area contributed by atoms with Crippen LogP contribution in [0.25, 0.3) is 0 Å². The molecule has 3 aromatic rings. The van der Waals surface area contributed by atoms with Crippen molar-refractivity contribution >= 4 is 34.7 Å². The first kappa shape index (κ1) is 22.2. The van der Waals surface area contributed by atoms with E-state index in [2.05, 4.69) is 20.9 Å². The zero-order chi connectivity index (χ0) is 23.1. The van der Waals surface area contributed by atoms with E-state index in [4.69, 9.17) is 0 Å². The predicted molar refractivity (Wildman–Crippen MR) is 122 cm³/mol. The van der Waals surface area contributed by atoms with E-state index in [1.165, 1.54) is 24.3 Å². The van der Waals surface area contributed by atoms with Crippen molar-refractivity contribution in [3.63, 3.8) is 0 Å². The molecule has 0 spiro atoms. The summed E-state index contributed by atoms with van der Waals surface area (Å²) in [5, 5.41) is 18.9. The Balaban J connectivity index is 1.70. The van der Waals surface area contributed by atoms with Crippen molar-refractivity contribution in [3.05, 3.63) is 88.2 Å². The van der Waals surface area contributed by atoms with Gasteiger partial charge in [0.25, 0.3) is 11.6 Å². The summed E-state index contributed by atoms with van der Waals surface area (Å²) >= 11 is 0. The zero-order valence-corrected chi connectivity index (χ0v) is 17.5. The van der Waals surface area contributed by atoms with Gasteiger partial charge in [-0.05, 0) is 42.0 Å². The van der Waals surface area contributed by atoms with Gasteiger partial charge >= 0.3 is 6.03 Å². The number of hydrogen-bond donors (Lipinski definition) is 3. The molecular weight excluding hydrogens is 412 g/mol. The van der Waals surface area contributed by atoms with E-state index in [0.717, 1.165) is 5.56 Å². The highest BCUT2D eigenvalue weighted by molar-refractivity contribution is 6.04. The van der Waals surface area contributed by atoms with Crippen molar-refractivity contribution in [2.75, 3.05) is 29.6 Å². The van der Waals surface area contributed by atoms with E-state index in [1.807, 2.05) is 20.2 Å². The standard InChI is InChI=1S/C22H22N6O4/c1-27(2)20-10-7-17(12-19(20)21(29)24-14-15-4-3-11-23-13-15)26-22(30)25-16-5-8-18(9-6-16)28(31)32/h3-13H,14H2,1-2H3,(H,24,29)(H2,25,26,30). The Morgan fingerprint density at radius 2 is 1.72 bits per heavy atom. The lowest BCUT2D eigenvalue weighted by Gasteiger charge is -2.18. The number of nitrogens with one attached hydrogen (secondary N) is 3. The van der Waals surface area contributed by atoms with Crippen LogP contribution >= 0.6 is 0 Å². The van der Waals surface area contributed by atoms with Crippen molar-refractivity contribution in [1.29, 1.82) is 0 Å². The summed E-state index contributed by atoms with van der Waals surface area (Å²) in [6.45, 7) is 0.317. The molecule has 3 N–H and O–H groups in total. The van der Waals surface area contributed by atoms with Gasteiger partial charge in [-0.15, -0.1) is 0 Å². The second kappa shape index (κ2) is 10.0. The SMILES string of the molecule is CN(C)c1ccc(NC(=O)Nc2ccc([N+](=O)[O-])cc2)cc1C(=O)NCc1cccnc1. The molecular formula is C22H22N6O4. The molecule has 0 unspecified atom stereocenters. The maximum absolute atomic E-state index is 12.8. The van der Waals surface area contributed by atoms with Crippen LogP contribution in [-0.4, -0.2) is 35.9 Å². The molecule has 10 heteroatoms. The summed E-state index contributed by atoms with van der Waals surface area (Å²) in [5.74, 6) is -0.294. The average Bonchev–Trinajstić information content (AvgIpc) is 2.78. The first-order valence-corrected chi connectivity index (χ1v) is 9.64. The minimum atomic E-state index is -0.543. The highest BCUT2D eigenvalue weighted by Gasteiger charge is 2.15. The quantitative estimate of drug-likeness (QED) is 0.385. The van der Waals surface area contributed by atoms with Crippen molar-refractivity contribution in [2.24, 2.45) is 0 Å². The van der Waals surface area contributed by atoms with E-state index in [9.17, 15) is 19.7 Å². The lowest BCUT2D eigenvalue weighted by molar-refractivity contribution is -0.384. The van der Waals surface area contributed by atoms with Crippen LogP contribution in [0.5, 0.6) is 0 Å². The summed E-state index contributed by atoms with van der Waals surface area (Å²) in [4.78, 5) is 41.2. The van der Waals surface area contributed by atoms with Gasteiger partial charge in [0, 0.05) is 62.2 Å². The van der Waals surface area contributed by atoms with Crippen molar-refractivity contribution in [2.45, 2.75) is 6.54 Å². The number of anilines is 3. The lowest BCUT2D eigenvalue weighted by atomic mass is 10.1. The number of carbonyl (C=O) groups excluding carboxylic acids is 2. The number of hydrogen-bond acceptors (Lipinski definition) is 6. The number of benzene rings is 2. The third-order valence-corrected chi connectivity index (χ3v) is 4.49. The Labute approximate surface area is 184 Å². The summed E-state index contributed by atoms with van der Waals surface area (Å²) < 4.78 is 0. The number of nitro benzene ring substituents is 1. The second-order valence-corrected chi connectivity index (χ2v) is 7.05. The van der Waals surface area contributed by atoms with E-state index in [-0.39, 0.29) is 11.6 Å². The Kier molecular flexibility index (Phi) is 6.96. The molecule has 2 aromatic carbocycles. The molecule has 164 valence electrons. The summed E-state index contributed by atoms with van der Waals surface area (Å²) in [7, 11) is 3.64. The summed E-state index contributed by atoms with van der Waals surface area (Å²) in [6.07, 6.45) is 3.33. The maximum Gasteiger partial charge on any atom is 0.323 e. The molecule has 32 heavy (non-hydrogen) atoms. The molecule has 0 saturated carbocycles. The van der Waals surface area contributed by atoms with Gasteiger partial charge in [0.15, 0.2) is 0 Å². The molecule has 0 saturated heterocycles. The molecule has 0 aliphatic rings. The van der Waals surface area contributed by atoms with Crippen LogP contribution in [0.4, 0.5) is 27.5 Å². The average molecular weight is 434 g/mol. The largest absolute Gasteiger partial charge is 0.377 e. The van der Waals surface area contributed by atoms with E-state index < -0.39 is 11.0 Å². The number of pyridine rings is 1. The van der Waals surface area contributed by atoms with Crippen LogP contribution in [0.15, 0.2) is 67.0 Å². The van der Waals surface area contributed by atoms with Gasteiger partial charge in [-0.3, -0.25) is 19.9 Å². The summed E-state index contributed by atoms with van der Waals surface area (Å²) in [6, 6.07) is 13.6. The Hall–Kier alpha value is -4.47. The number of rotatable bonds is 7. The van der Waals surface area contributed by atoms with E-state index >= 15 is 0 Å². The number of nitro groups is 1. The first-order valence-electron chi connectivity index (χ1n) is 9.64. The number of aromatic nitrogens is 1. The smallest absolute Gasteiger partial charge is 0.323 e. The highest BCUT2D eigenvalue weighted by Crippen LogP contribution is 2.23. The Bertz CT molecular complexity index is 1120. The minimum absolute atomic E-state index is 0.0721. The van der Waals surface area contributed by atoms with Crippen molar-refractivity contribution in [3.8, 4) is 0 Å². The van der Waals surface area contributed by atoms with Gasteiger partial charge in [-0.2, -0.15) is 0 Å². The number of non-ortho nitro benzene ring substituents is 1. The maximum atomic E-state index is 12.8. The molecule has 0 bridgehead atoms. The van der Waals surface area contributed by atoms with Crippen LogP contribution in [0.3, 0.4) is 0 Å². The molecule has 0 radical (unpaired) electrons. The lowest BCUT2D eigenvalue weighted by Crippen LogP contribution is -2.26. The highest BCUT2D eigenvalue weighted by atomic mass is 16.6. The molecule has 0 aliphatic carbocycles. The Morgan fingerprint density at radius 3 is 2.34 bits per heavy atom. The molecule has 1 heterocycles. The van der Waals surface area contributed by atoms with Gasteiger partial charge in [0.2, 0.25) is 0 Å². The van der Waals surface area contributed by atoms with Crippen LogP contribution in [-0.2, 0) is 6.54 Å². The monoisotopic (exact) mass is 434 g/mol. The number of urea groups is 1. The Morgan fingerprint density at radius 1 is 1.03 bits per heavy atom. The van der Waals surface area contributed by atoms with Crippen LogP contribution < -0.4 is 20.9 Å². The van der Waals surface area contributed by atoms with Gasteiger partial charge in [-0.25, -0.2) is 4.79 Å². The van der Waals surface area contributed by atoms with Crippen LogP contribution in [0.2, 0.25) is 0 Å². The number of amides is 3. The third kappa shape index (κ3) is 5.79. The number of nitrogens with zero attached hydrogens (tertiary/aromatic N) is 3. The minimum Gasteiger partial charge on any atom is -0.377 e. The first-order chi connectivity index (χ1) is 15.3. The summed E-state index contributed by atoms with van der Waals surface area (Å²) in [5.41, 5.74) is 2.69. The third-order valence-electron chi connectivity index (χ3n) is 4.49. The molecule has 1 aromatic heterocycles. The topological polar surface area (TPSA) is 130 Å². The molecule has 0 fully saturated rings. The number of carbonyl (C=O) groups is 2. The van der Waals surface area contributed by atoms with Gasteiger partial charge in [-0.1, -0.05) is 6.07 Å². The molecule has 3 amide bonds. The van der Waals surface area contributed by atoms with E-state index in [1.54, 1.807) is 41.6 Å². The second-order valence-electron chi connectivity index (χ2n) is 7.05.